The van der Waals surface area contributed by atoms with Gasteiger partial charge >= 0.3 is 0 Å². The highest BCUT2D eigenvalue weighted by atomic mass is 79.9. The van der Waals surface area contributed by atoms with E-state index in [-0.39, 0.29) is 17.7 Å². The average molecular weight is 535 g/mol. The number of halogens is 1. The van der Waals surface area contributed by atoms with E-state index in [1.807, 2.05) is 54.6 Å². The fraction of sp³-hybridized carbons (Fsp3) is 0.250. The molecule has 7 heteroatoms. The number of benzene rings is 3. The van der Waals surface area contributed by atoms with Crippen molar-refractivity contribution in [1.29, 1.82) is 0 Å². The number of fused-ring (bicyclic) bond motifs is 1. The first kappa shape index (κ1) is 23.3. The fourth-order valence-corrected chi connectivity index (χ4v) is 5.50. The van der Waals surface area contributed by atoms with Crippen LogP contribution in [0.2, 0.25) is 0 Å². The zero-order valence-corrected chi connectivity index (χ0v) is 21.4. The maximum Gasteiger partial charge on any atom is 0.163 e. The number of carbonyl (C=O) groups excluding carboxylic acids is 1. The van der Waals surface area contributed by atoms with Gasteiger partial charge < -0.3 is 24.8 Å². The van der Waals surface area contributed by atoms with E-state index < -0.39 is 0 Å². The van der Waals surface area contributed by atoms with Gasteiger partial charge in [0.05, 0.1) is 38.7 Å². The van der Waals surface area contributed by atoms with Gasteiger partial charge in [0.15, 0.2) is 17.3 Å². The molecular formula is C28H27BrN2O4. The largest absolute Gasteiger partial charge is 0.497 e. The van der Waals surface area contributed by atoms with Crippen LogP contribution in [0.25, 0.3) is 0 Å². The summed E-state index contributed by atoms with van der Waals surface area (Å²) >= 11 is 3.71. The number of carbonyl (C=O) groups is 1. The van der Waals surface area contributed by atoms with Crippen LogP contribution in [0.5, 0.6) is 17.2 Å². The summed E-state index contributed by atoms with van der Waals surface area (Å²) in [6.45, 7) is 0. The first-order valence-corrected chi connectivity index (χ1v) is 12.3. The SMILES string of the molecule is COc1cccc(C2CC(=O)C3=C(C2)Nc2ccccc2NC3c2cc(OC)c(OC)cc2Br)c1. The number of allylic oxidation sites excluding steroid dienone is 1. The van der Waals surface area contributed by atoms with Crippen molar-refractivity contribution in [2.75, 3.05) is 32.0 Å². The van der Waals surface area contributed by atoms with Gasteiger partial charge in [-0.15, -0.1) is 0 Å². The molecule has 0 bridgehead atoms. The molecule has 0 radical (unpaired) electrons. The number of ketones is 1. The van der Waals surface area contributed by atoms with E-state index in [0.717, 1.165) is 44.0 Å². The Hall–Kier alpha value is -3.45. The van der Waals surface area contributed by atoms with Crippen molar-refractivity contribution < 1.29 is 19.0 Å². The predicted octanol–water partition coefficient (Wildman–Crippen LogP) is 6.45. The third-order valence-corrected chi connectivity index (χ3v) is 7.37. The Labute approximate surface area is 213 Å². The molecule has 180 valence electrons. The molecule has 2 atom stereocenters. The highest BCUT2D eigenvalue weighted by Crippen LogP contribution is 2.47. The van der Waals surface area contributed by atoms with Crippen molar-refractivity contribution >= 4 is 33.1 Å². The molecule has 3 aromatic rings. The molecule has 6 nitrogen and oxygen atoms in total. The van der Waals surface area contributed by atoms with Crippen LogP contribution >= 0.6 is 15.9 Å². The van der Waals surface area contributed by atoms with E-state index in [9.17, 15) is 4.79 Å². The average Bonchev–Trinajstić information content (AvgIpc) is 3.05. The van der Waals surface area contributed by atoms with E-state index in [4.69, 9.17) is 14.2 Å². The van der Waals surface area contributed by atoms with E-state index in [1.54, 1.807) is 21.3 Å². The summed E-state index contributed by atoms with van der Waals surface area (Å²) in [4.78, 5) is 13.8. The monoisotopic (exact) mass is 534 g/mol. The van der Waals surface area contributed by atoms with Gasteiger partial charge in [0.2, 0.25) is 0 Å². The van der Waals surface area contributed by atoms with Crippen LogP contribution in [0.4, 0.5) is 11.4 Å². The molecule has 2 unspecified atom stereocenters. The molecule has 1 aliphatic heterocycles. The molecule has 5 rings (SSSR count). The minimum atomic E-state index is -0.367. The van der Waals surface area contributed by atoms with E-state index in [0.29, 0.717) is 24.3 Å². The Morgan fingerprint density at radius 2 is 1.60 bits per heavy atom. The zero-order valence-electron chi connectivity index (χ0n) is 19.9. The molecule has 3 aromatic carbocycles. The second kappa shape index (κ2) is 9.66. The molecule has 2 aliphatic rings. The molecule has 0 spiro atoms. The normalized spacial score (nSPS) is 19.0. The maximum atomic E-state index is 13.8. The zero-order chi connectivity index (χ0) is 24.5. The molecule has 0 saturated heterocycles. The smallest absolute Gasteiger partial charge is 0.163 e. The predicted molar refractivity (Wildman–Crippen MR) is 141 cm³/mol. The van der Waals surface area contributed by atoms with Crippen molar-refractivity contribution in [1.82, 2.24) is 0 Å². The van der Waals surface area contributed by atoms with Crippen LogP contribution in [-0.2, 0) is 4.79 Å². The van der Waals surface area contributed by atoms with Crippen molar-refractivity contribution in [2.24, 2.45) is 0 Å². The van der Waals surface area contributed by atoms with E-state index in [1.165, 1.54) is 0 Å². The molecule has 0 saturated carbocycles. The number of hydrogen-bond donors (Lipinski definition) is 2. The highest BCUT2D eigenvalue weighted by molar-refractivity contribution is 9.10. The first-order valence-electron chi connectivity index (χ1n) is 11.5. The van der Waals surface area contributed by atoms with Crippen LogP contribution in [0.1, 0.15) is 35.9 Å². The summed E-state index contributed by atoms with van der Waals surface area (Å²) in [5, 5.41) is 7.20. The lowest BCUT2D eigenvalue weighted by atomic mass is 9.78. The van der Waals surface area contributed by atoms with Crippen LogP contribution in [0.3, 0.4) is 0 Å². The van der Waals surface area contributed by atoms with Gasteiger partial charge in [-0.2, -0.15) is 0 Å². The van der Waals surface area contributed by atoms with E-state index in [2.05, 4.69) is 32.6 Å². The number of nitrogens with one attached hydrogen (secondary N) is 2. The first-order chi connectivity index (χ1) is 17.0. The van der Waals surface area contributed by atoms with Gasteiger partial charge in [0.25, 0.3) is 0 Å². The number of ether oxygens (including phenoxy) is 3. The lowest BCUT2D eigenvalue weighted by Gasteiger charge is -2.30. The Balaban J connectivity index is 1.63. The topological polar surface area (TPSA) is 68.8 Å². The molecule has 1 aliphatic carbocycles. The molecule has 0 fully saturated rings. The van der Waals surface area contributed by atoms with Gasteiger partial charge in [0, 0.05) is 22.2 Å². The van der Waals surface area contributed by atoms with Gasteiger partial charge in [-0.25, -0.2) is 0 Å². The summed E-state index contributed by atoms with van der Waals surface area (Å²) in [5.41, 5.74) is 5.55. The molecule has 35 heavy (non-hydrogen) atoms. The fourth-order valence-electron chi connectivity index (χ4n) is 4.95. The molecule has 0 aromatic heterocycles. The van der Waals surface area contributed by atoms with Crippen LogP contribution in [0.15, 0.2) is 76.4 Å². The third-order valence-electron chi connectivity index (χ3n) is 6.69. The third kappa shape index (κ3) is 4.36. The minimum Gasteiger partial charge on any atom is -0.497 e. The Morgan fingerprint density at radius 3 is 2.34 bits per heavy atom. The summed E-state index contributed by atoms with van der Waals surface area (Å²) in [6.07, 6.45) is 1.14. The minimum absolute atomic E-state index is 0.0589. The number of anilines is 2. The van der Waals surface area contributed by atoms with Gasteiger partial charge in [-0.3, -0.25) is 4.79 Å². The van der Waals surface area contributed by atoms with Crippen LogP contribution in [0, 0.1) is 0 Å². The summed E-state index contributed by atoms with van der Waals surface area (Å²) < 4.78 is 17.3. The van der Waals surface area contributed by atoms with Crippen LogP contribution in [-0.4, -0.2) is 27.1 Å². The number of hydrogen-bond acceptors (Lipinski definition) is 6. The lowest BCUT2D eigenvalue weighted by molar-refractivity contribution is -0.116. The van der Waals surface area contributed by atoms with Crippen molar-refractivity contribution in [2.45, 2.75) is 24.8 Å². The Bertz CT molecular complexity index is 1320. The second-order valence-corrected chi connectivity index (χ2v) is 9.53. The van der Waals surface area contributed by atoms with E-state index >= 15 is 0 Å². The number of rotatable bonds is 5. The molecule has 1 heterocycles. The Morgan fingerprint density at radius 1 is 0.857 bits per heavy atom. The Kier molecular flexibility index (Phi) is 6.43. The second-order valence-electron chi connectivity index (χ2n) is 8.67. The van der Waals surface area contributed by atoms with Gasteiger partial charge in [-0.1, -0.05) is 40.2 Å². The summed E-state index contributed by atoms with van der Waals surface area (Å²) in [5.74, 6) is 2.19. The maximum absolute atomic E-state index is 13.8. The highest BCUT2D eigenvalue weighted by Gasteiger charge is 2.37. The number of Topliss-reactive ketones (excluding diaryl/α,β-unsaturated/α-hetero) is 1. The number of methoxy groups -OCH3 is 3. The standard InChI is InChI=1S/C28H27BrN2O4/c1-33-18-8-6-7-16(11-18)17-12-23-27(24(32)13-17)28(31-22-10-5-4-9-21(22)30-23)19-14-25(34-2)26(35-3)15-20(19)29/h4-11,14-15,17,28,30-31H,12-13H2,1-3H3. The lowest BCUT2D eigenvalue weighted by Crippen LogP contribution is -2.27. The summed E-state index contributed by atoms with van der Waals surface area (Å²) in [7, 11) is 4.88. The molecule has 0 amide bonds. The van der Waals surface area contributed by atoms with Crippen LogP contribution < -0.4 is 24.8 Å². The van der Waals surface area contributed by atoms with Crippen molar-refractivity contribution in [3.05, 3.63) is 87.5 Å². The molecule has 2 N–H and O–H groups in total. The van der Waals surface area contributed by atoms with Crippen molar-refractivity contribution in [3.63, 3.8) is 0 Å². The quantitative estimate of drug-likeness (QED) is 0.391. The molecular weight excluding hydrogens is 508 g/mol. The number of para-hydroxylation sites is 2. The summed E-state index contributed by atoms with van der Waals surface area (Å²) in [6, 6.07) is 19.5. The van der Waals surface area contributed by atoms with Crippen molar-refractivity contribution in [3.8, 4) is 17.2 Å². The van der Waals surface area contributed by atoms with Gasteiger partial charge in [-0.05, 0) is 59.9 Å². The van der Waals surface area contributed by atoms with Gasteiger partial charge in [0.1, 0.15) is 5.75 Å².